The molecule has 0 aromatic heterocycles. The Kier molecular flexibility index (Phi) is 5.31. The number of hydrogen-bond acceptors (Lipinski definition) is 1. The van der Waals surface area contributed by atoms with E-state index in [0.717, 1.165) is 0 Å². The molecule has 2 atom stereocenters. The molecule has 1 aliphatic rings. The fourth-order valence-corrected chi connectivity index (χ4v) is 1.93. The first-order valence-electron chi connectivity index (χ1n) is 5.19. The van der Waals surface area contributed by atoms with Crippen molar-refractivity contribution in [2.24, 2.45) is 5.92 Å². The number of alkyl halides is 6. The second-order valence-corrected chi connectivity index (χ2v) is 4.08. The number of hydrogen-bond donors (Lipinski definition) is 1. The van der Waals surface area contributed by atoms with Crippen molar-refractivity contribution >= 4 is 0 Å². The van der Waals surface area contributed by atoms with E-state index in [1.807, 2.05) is 0 Å². The van der Waals surface area contributed by atoms with Gasteiger partial charge in [-0.2, -0.15) is 13.2 Å². The topological polar surface area (TPSA) is 20.2 Å². The Morgan fingerprint density at radius 3 is 2.06 bits per heavy atom. The van der Waals surface area contributed by atoms with Gasteiger partial charge in [-0.05, 0) is 18.8 Å². The first-order chi connectivity index (χ1) is 7.64. The van der Waals surface area contributed by atoms with Crippen molar-refractivity contribution in [2.75, 3.05) is 7.18 Å². The van der Waals surface area contributed by atoms with Gasteiger partial charge in [0.1, 0.15) is 0 Å². The van der Waals surface area contributed by atoms with Gasteiger partial charge in [-0.15, -0.1) is 0 Å². The monoisotopic (exact) mass is 266 g/mol. The van der Waals surface area contributed by atoms with Crippen molar-refractivity contribution in [3.05, 3.63) is 0 Å². The van der Waals surface area contributed by atoms with Gasteiger partial charge in [0.25, 0.3) is 5.92 Å². The average molecular weight is 266 g/mol. The normalized spacial score (nSPS) is 32.6. The Hall–Kier alpha value is -0.460. The molecule has 1 rings (SSSR count). The van der Waals surface area contributed by atoms with Crippen LogP contribution in [0, 0.1) is 5.92 Å². The van der Waals surface area contributed by atoms with Crippen molar-refractivity contribution in [2.45, 2.75) is 50.3 Å². The second kappa shape index (κ2) is 5.46. The van der Waals surface area contributed by atoms with E-state index in [9.17, 15) is 26.3 Å². The lowest BCUT2D eigenvalue weighted by atomic mass is 9.74. The zero-order valence-corrected chi connectivity index (χ0v) is 9.62. The molecule has 17 heavy (non-hydrogen) atoms. The number of halogens is 6. The van der Waals surface area contributed by atoms with Gasteiger partial charge in [0.15, 0.2) is 0 Å². The van der Waals surface area contributed by atoms with Crippen LogP contribution in [-0.4, -0.2) is 30.0 Å². The van der Waals surface area contributed by atoms with E-state index in [1.165, 1.54) is 0 Å². The summed E-state index contributed by atoms with van der Waals surface area (Å²) in [6.07, 6.45) is -6.68. The van der Waals surface area contributed by atoms with E-state index in [0.29, 0.717) is 13.6 Å². The quantitative estimate of drug-likeness (QED) is 0.717. The minimum atomic E-state index is -5.27. The Morgan fingerprint density at radius 1 is 1.24 bits per heavy atom. The molecule has 104 valence electrons. The van der Waals surface area contributed by atoms with Gasteiger partial charge in [-0.3, -0.25) is 4.39 Å². The van der Waals surface area contributed by atoms with Gasteiger partial charge in [0, 0.05) is 6.42 Å². The van der Waals surface area contributed by atoms with E-state index in [4.69, 9.17) is 5.11 Å². The zero-order valence-electron chi connectivity index (χ0n) is 9.62. The summed E-state index contributed by atoms with van der Waals surface area (Å²) in [5, 5.41) is 9.16. The van der Waals surface area contributed by atoms with Crippen LogP contribution in [0.25, 0.3) is 0 Å². The van der Waals surface area contributed by atoms with Crippen LogP contribution in [-0.2, 0) is 0 Å². The van der Waals surface area contributed by atoms with Gasteiger partial charge in [0.2, 0.25) is 5.60 Å². The summed E-state index contributed by atoms with van der Waals surface area (Å²) < 4.78 is 72.9. The molecule has 0 aliphatic heterocycles. The zero-order chi connectivity index (χ0) is 13.9. The molecule has 1 saturated carbocycles. The standard InChI is InChI=1S/C9H13F5O.CH3F/c1-2-6-3-4-8(10,11)7(15,5-6)9(12,13)14;1-2/h6,15H,2-5H2,1H3;1H3. The molecule has 1 N–H and O–H groups in total. The van der Waals surface area contributed by atoms with Gasteiger partial charge in [-0.1, -0.05) is 13.3 Å². The molecule has 0 heterocycles. The molecular weight excluding hydrogens is 250 g/mol. The van der Waals surface area contributed by atoms with Crippen LogP contribution >= 0.6 is 0 Å². The van der Waals surface area contributed by atoms with E-state index >= 15 is 0 Å². The van der Waals surface area contributed by atoms with Crippen LogP contribution in [0.2, 0.25) is 0 Å². The Bertz CT molecular complexity index is 239. The lowest BCUT2D eigenvalue weighted by Gasteiger charge is -2.43. The SMILES string of the molecule is CCC1CCC(F)(F)C(O)(C(F)(F)F)C1.CF. The van der Waals surface area contributed by atoms with Gasteiger partial charge in [0.05, 0.1) is 7.18 Å². The number of aliphatic hydroxyl groups is 1. The van der Waals surface area contributed by atoms with E-state index in [-0.39, 0.29) is 6.42 Å². The minimum absolute atomic E-state index is 0.0297. The molecule has 2 unspecified atom stereocenters. The van der Waals surface area contributed by atoms with Crippen LogP contribution in [0.1, 0.15) is 32.6 Å². The van der Waals surface area contributed by atoms with E-state index in [2.05, 4.69) is 0 Å². The van der Waals surface area contributed by atoms with Gasteiger partial charge < -0.3 is 5.11 Å². The highest BCUT2D eigenvalue weighted by atomic mass is 19.4. The third kappa shape index (κ3) is 3.05. The molecular formula is C10H16F6O. The summed E-state index contributed by atoms with van der Waals surface area (Å²) in [5.74, 6) is -4.56. The summed E-state index contributed by atoms with van der Waals surface area (Å²) in [6.45, 7) is 1.63. The third-order valence-corrected chi connectivity index (χ3v) is 3.10. The molecule has 0 bridgehead atoms. The lowest BCUT2D eigenvalue weighted by Crippen LogP contribution is -2.61. The lowest BCUT2D eigenvalue weighted by molar-refractivity contribution is -0.347. The van der Waals surface area contributed by atoms with Crippen LogP contribution in [0.3, 0.4) is 0 Å². The van der Waals surface area contributed by atoms with Crippen LogP contribution in [0.4, 0.5) is 26.3 Å². The predicted octanol–water partition coefficient (Wildman–Crippen LogP) is 3.71. The second-order valence-electron chi connectivity index (χ2n) is 4.08. The fourth-order valence-electron chi connectivity index (χ4n) is 1.93. The summed E-state index contributed by atoms with van der Waals surface area (Å²) >= 11 is 0. The molecule has 0 amide bonds. The highest BCUT2D eigenvalue weighted by molar-refractivity contribution is 5.03. The van der Waals surface area contributed by atoms with Crippen molar-refractivity contribution in [1.82, 2.24) is 0 Å². The Labute approximate surface area is 95.8 Å². The van der Waals surface area contributed by atoms with Crippen molar-refractivity contribution in [3.8, 4) is 0 Å². The molecule has 7 heteroatoms. The van der Waals surface area contributed by atoms with E-state index in [1.54, 1.807) is 6.92 Å². The van der Waals surface area contributed by atoms with Crippen LogP contribution in [0.5, 0.6) is 0 Å². The van der Waals surface area contributed by atoms with Crippen molar-refractivity contribution in [3.63, 3.8) is 0 Å². The summed E-state index contributed by atoms with van der Waals surface area (Å²) in [7, 11) is 0.500. The molecule has 0 spiro atoms. The molecule has 1 nitrogen and oxygen atoms in total. The van der Waals surface area contributed by atoms with Crippen molar-refractivity contribution in [1.29, 1.82) is 0 Å². The summed E-state index contributed by atoms with van der Waals surface area (Å²) in [6, 6.07) is 0. The molecule has 0 saturated heterocycles. The largest absolute Gasteiger partial charge is 0.423 e. The predicted molar refractivity (Wildman–Crippen MR) is 50.6 cm³/mol. The van der Waals surface area contributed by atoms with Crippen LogP contribution < -0.4 is 0 Å². The Balaban J connectivity index is 0.00000121. The first kappa shape index (κ1) is 16.5. The fraction of sp³-hybridized carbons (Fsp3) is 1.00. The maximum atomic E-state index is 13.1. The first-order valence-corrected chi connectivity index (χ1v) is 5.19. The summed E-state index contributed by atoms with van der Waals surface area (Å²) in [4.78, 5) is 0. The Morgan fingerprint density at radius 2 is 1.71 bits per heavy atom. The summed E-state index contributed by atoms with van der Waals surface area (Å²) in [5.41, 5.74) is -3.85. The molecule has 1 fully saturated rings. The highest BCUT2D eigenvalue weighted by Crippen LogP contribution is 2.52. The molecule has 1 aliphatic carbocycles. The maximum absolute atomic E-state index is 13.1. The van der Waals surface area contributed by atoms with Gasteiger partial charge >= 0.3 is 6.18 Å². The van der Waals surface area contributed by atoms with E-state index < -0.39 is 36.5 Å². The smallest absolute Gasteiger partial charge is 0.376 e. The average Bonchev–Trinajstić information content (AvgIpc) is 2.23. The number of rotatable bonds is 1. The van der Waals surface area contributed by atoms with Crippen molar-refractivity contribution < 1.29 is 31.4 Å². The van der Waals surface area contributed by atoms with Crippen LogP contribution in [0.15, 0.2) is 0 Å². The molecule has 0 radical (unpaired) electrons. The molecule has 0 aromatic carbocycles. The third-order valence-electron chi connectivity index (χ3n) is 3.10. The molecule has 0 aromatic rings. The van der Waals surface area contributed by atoms with Gasteiger partial charge in [-0.25, -0.2) is 8.78 Å². The minimum Gasteiger partial charge on any atom is -0.376 e. The maximum Gasteiger partial charge on any atom is 0.423 e. The highest BCUT2D eigenvalue weighted by Gasteiger charge is 2.70.